The van der Waals surface area contributed by atoms with Gasteiger partial charge in [-0.25, -0.2) is 4.39 Å². The second kappa shape index (κ2) is 9.49. The van der Waals surface area contributed by atoms with Crippen molar-refractivity contribution in [2.24, 2.45) is 23.2 Å². The van der Waals surface area contributed by atoms with E-state index in [1.807, 2.05) is 0 Å². The second-order valence-electron chi connectivity index (χ2n) is 11.3. The zero-order chi connectivity index (χ0) is 23.0. The Morgan fingerprint density at radius 2 is 1.94 bits per heavy atom. The summed E-state index contributed by atoms with van der Waals surface area (Å²) in [4.78, 5) is 0. The standard InChI is InChI=1S/C27H43FO3/c1-17(8-13-25(28)26(3,4)31)22-11-12-23-19(7-6-14-27(22,23)5)9-10-20-15-21(29)16-24(30)18(20)2/h9-10,17,21-25,29-31H,2,6-8,11-16H2,1,3-5H3/t17-,21-,22-,23?,24+,25?,27-/m1/s1. The van der Waals surface area contributed by atoms with Crippen LogP contribution in [0.15, 0.2) is 35.5 Å². The van der Waals surface area contributed by atoms with Crippen molar-refractivity contribution in [2.75, 3.05) is 0 Å². The van der Waals surface area contributed by atoms with E-state index in [2.05, 4.69) is 32.6 Å². The lowest BCUT2D eigenvalue weighted by Crippen LogP contribution is -2.37. The van der Waals surface area contributed by atoms with Crippen molar-refractivity contribution < 1.29 is 19.7 Å². The van der Waals surface area contributed by atoms with Gasteiger partial charge in [-0.05, 0) is 99.5 Å². The third kappa shape index (κ3) is 5.34. The first-order valence-electron chi connectivity index (χ1n) is 12.2. The lowest BCUT2D eigenvalue weighted by molar-refractivity contribution is -0.0119. The first kappa shape index (κ1) is 24.7. The largest absolute Gasteiger partial charge is 0.393 e. The number of allylic oxidation sites excluding steroid dienone is 3. The van der Waals surface area contributed by atoms with E-state index in [1.165, 1.54) is 31.3 Å². The van der Waals surface area contributed by atoms with Crippen LogP contribution in [0.3, 0.4) is 0 Å². The van der Waals surface area contributed by atoms with Crippen molar-refractivity contribution in [1.29, 1.82) is 0 Å². The van der Waals surface area contributed by atoms with E-state index in [0.717, 1.165) is 24.0 Å². The van der Waals surface area contributed by atoms with Crippen molar-refractivity contribution in [2.45, 2.75) is 109 Å². The average Bonchev–Trinajstić information content (AvgIpc) is 3.04. The number of hydrogen-bond acceptors (Lipinski definition) is 3. The first-order valence-corrected chi connectivity index (χ1v) is 12.2. The maximum atomic E-state index is 14.3. The van der Waals surface area contributed by atoms with E-state index < -0.39 is 24.0 Å². The van der Waals surface area contributed by atoms with E-state index in [1.54, 1.807) is 13.8 Å². The topological polar surface area (TPSA) is 60.7 Å². The summed E-state index contributed by atoms with van der Waals surface area (Å²) in [6, 6.07) is 0. The molecule has 4 heteroatoms. The Hall–Kier alpha value is -0.970. The summed E-state index contributed by atoms with van der Waals surface area (Å²) in [6.45, 7) is 11.8. The van der Waals surface area contributed by atoms with Crippen LogP contribution in [0, 0.1) is 23.2 Å². The van der Waals surface area contributed by atoms with Gasteiger partial charge in [0, 0.05) is 6.42 Å². The third-order valence-corrected chi connectivity index (χ3v) is 8.63. The summed E-state index contributed by atoms with van der Waals surface area (Å²) >= 11 is 0. The van der Waals surface area contributed by atoms with Crippen molar-refractivity contribution in [3.63, 3.8) is 0 Å². The van der Waals surface area contributed by atoms with Gasteiger partial charge in [-0.1, -0.05) is 38.2 Å². The molecule has 3 fully saturated rings. The van der Waals surface area contributed by atoms with Gasteiger partial charge < -0.3 is 15.3 Å². The molecule has 176 valence electrons. The average molecular weight is 435 g/mol. The summed E-state index contributed by atoms with van der Waals surface area (Å²) < 4.78 is 14.3. The van der Waals surface area contributed by atoms with Crippen LogP contribution in [0.4, 0.5) is 4.39 Å². The van der Waals surface area contributed by atoms with E-state index in [9.17, 15) is 19.7 Å². The van der Waals surface area contributed by atoms with Crippen LogP contribution >= 0.6 is 0 Å². The Kier molecular flexibility index (Phi) is 7.55. The van der Waals surface area contributed by atoms with Crippen LogP contribution in [-0.2, 0) is 0 Å². The molecule has 0 heterocycles. The zero-order valence-corrected chi connectivity index (χ0v) is 19.9. The number of alkyl halides is 1. The predicted molar refractivity (Wildman–Crippen MR) is 124 cm³/mol. The minimum atomic E-state index is -1.26. The number of aliphatic hydroxyl groups is 3. The molecule has 0 saturated heterocycles. The summed E-state index contributed by atoms with van der Waals surface area (Å²) in [7, 11) is 0. The van der Waals surface area contributed by atoms with E-state index >= 15 is 0 Å². The fourth-order valence-corrected chi connectivity index (χ4v) is 6.64. The molecule has 0 aromatic rings. The molecule has 3 N–H and O–H groups in total. The molecule has 0 spiro atoms. The lowest BCUT2D eigenvalue weighted by Gasteiger charge is -2.44. The monoisotopic (exact) mass is 434 g/mol. The van der Waals surface area contributed by atoms with Gasteiger partial charge in [0.2, 0.25) is 0 Å². The van der Waals surface area contributed by atoms with Crippen molar-refractivity contribution in [3.8, 4) is 0 Å². The van der Waals surface area contributed by atoms with Crippen molar-refractivity contribution >= 4 is 0 Å². The molecule has 3 rings (SSSR count). The van der Waals surface area contributed by atoms with Crippen LogP contribution < -0.4 is 0 Å². The van der Waals surface area contributed by atoms with Crippen LogP contribution in [0.5, 0.6) is 0 Å². The number of halogens is 1. The summed E-state index contributed by atoms with van der Waals surface area (Å²) in [6.07, 6.45) is 10.0. The van der Waals surface area contributed by atoms with E-state index in [4.69, 9.17) is 0 Å². The zero-order valence-electron chi connectivity index (χ0n) is 19.9. The van der Waals surface area contributed by atoms with Gasteiger partial charge in [0.25, 0.3) is 0 Å². The lowest BCUT2D eigenvalue weighted by atomic mass is 9.60. The summed E-state index contributed by atoms with van der Waals surface area (Å²) in [5, 5.41) is 30.1. The fraction of sp³-hybridized carbons (Fsp3) is 0.778. The predicted octanol–water partition coefficient (Wildman–Crippen LogP) is 5.65. The van der Waals surface area contributed by atoms with Crippen LogP contribution in [-0.4, -0.2) is 39.3 Å². The van der Waals surface area contributed by atoms with E-state index in [0.29, 0.717) is 37.0 Å². The quantitative estimate of drug-likeness (QED) is 0.506. The molecule has 0 bridgehead atoms. The Morgan fingerprint density at radius 1 is 1.23 bits per heavy atom. The fourth-order valence-electron chi connectivity index (χ4n) is 6.64. The Balaban J connectivity index is 1.71. The molecule has 0 amide bonds. The molecular weight excluding hydrogens is 391 g/mol. The highest BCUT2D eigenvalue weighted by Gasteiger charge is 2.50. The highest BCUT2D eigenvalue weighted by molar-refractivity contribution is 5.38. The molecule has 3 aliphatic rings. The van der Waals surface area contributed by atoms with Gasteiger partial charge in [0.15, 0.2) is 0 Å². The Bertz CT molecular complexity index is 718. The molecule has 0 aliphatic heterocycles. The maximum absolute atomic E-state index is 14.3. The Labute approximate surface area is 188 Å². The SMILES string of the molecule is C=C1C(=CC=C2CCC[C@@]3(C)C2CC[C@@H]3[C@H](C)CCC(F)C(C)(C)O)C[C@@H](O)C[C@@H]1O. The number of hydrogen-bond donors (Lipinski definition) is 3. The molecular formula is C27H43FO3. The molecule has 0 radical (unpaired) electrons. The van der Waals surface area contributed by atoms with Crippen LogP contribution in [0.1, 0.15) is 85.5 Å². The van der Waals surface area contributed by atoms with Gasteiger partial charge in [0.05, 0.1) is 17.8 Å². The van der Waals surface area contributed by atoms with E-state index in [-0.39, 0.29) is 5.41 Å². The highest BCUT2D eigenvalue weighted by atomic mass is 19.1. The molecule has 0 aromatic heterocycles. The molecule has 3 aliphatic carbocycles. The van der Waals surface area contributed by atoms with Gasteiger partial charge in [0.1, 0.15) is 6.17 Å². The Morgan fingerprint density at radius 3 is 2.61 bits per heavy atom. The number of fused-ring (bicyclic) bond motifs is 1. The van der Waals surface area contributed by atoms with Gasteiger partial charge in [-0.3, -0.25) is 0 Å². The van der Waals surface area contributed by atoms with Crippen LogP contribution in [0.25, 0.3) is 0 Å². The highest BCUT2D eigenvalue weighted by Crippen LogP contribution is 2.60. The van der Waals surface area contributed by atoms with Gasteiger partial charge in [-0.2, -0.15) is 0 Å². The minimum Gasteiger partial charge on any atom is -0.393 e. The molecule has 3 nitrogen and oxygen atoms in total. The summed E-state index contributed by atoms with van der Waals surface area (Å²) in [5.74, 6) is 1.57. The first-order chi connectivity index (χ1) is 14.4. The molecule has 3 saturated carbocycles. The number of aliphatic hydroxyl groups excluding tert-OH is 2. The van der Waals surface area contributed by atoms with Crippen molar-refractivity contribution in [3.05, 3.63) is 35.5 Å². The smallest absolute Gasteiger partial charge is 0.128 e. The minimum absolute atomic E-state index is 0.241. The summed E-state index contributed by atoms with van der Waals surface area (Å²) in [5.41, 5.74) is 2.17. The molecule has 2 unspecified atom stereocenters. The van der Waals surface area contributed by atoms with Gasteiger partial charge >= 0.3 is 0 Å². The molecule has 7 atom stereocenters. The number of rotatable bonds is 6. The van der Waals surface area contributed by atoms with Gasteiger partial charge in [-0.15, -0.1) is 0 Å². The normalized spacial score (nSPS) is 39.0. The maximum Gasteiger partial charge on any atom is 0.128 e. The van der Waals surface area contributed by atoms with Crippen LogP contribution in [0.2, 0.25) is 0 Å². The second-order valence-corrected chi connectivity index (χ2v) is 11.3. The van der Waals surface area contributed by atoms with Crippen molar-refractivity contribution in [1.82, 2.24) is 0 Å². The molecule has 0 aromatic carbocycles. The third-order valence-electron chi connectivity index (χ3n) is 8.63. The molecule has 31 heavy (non-hydrogen) atoms.